The normalized spacial score (nSPS) is 16.8. The summed E-state index contributed by atoms with van der Waals surface area (Å²) in [6, 6.07) is 19.3. The third kappa shape index (κ3) is 4.83. The number of amidine groups is 2. The quantitative estimate of drug-likeness (QED) is 0.425. The molecule has 9 heteroatoms. The first-order chi connectivity index (χ1) is 15.9. The number of thioether (sulfide) groups is 1. The van der Waals surface area contributed by atoms with E-state index in [1.165, 1.54) is 34.1 Å². The first-order valence-corrected chi connectivity index (χ1v) is 12.0. The SMILES string of the molecule is Cc1ccc(Sc2ccc(/C=C3\C(=N)N4N=C(Cc5ccc(Cl)cc5)SC4=NC3=O)o2)cc1. The van der Waals surface area contributed by atoms with Crippen LogP contribution < -0.4 is 0 Å². The van der Waals surface area contributed by atoms with E-state index in [0.717, 1.165) is 15.5 Å². The Balaban J connectivity index is 1.33. The van der Waals surface area contributed by atoms with Gasteiger partial charge in [-0.1, -0.05) is 53.2 Å². The van der Waals surface area contributed by atoms with Gasteiger partial charge in [0.1, 0.15) is 10.8 Å². The number of fused-ring (bicyclic) bond motifs is 1. The molecule has 0 bridgehead atoms. The molecule has 3 heterocycles. The molecule has 2 aliphatic rings. The van der Waals surface area contributed by atoms with E-state index in [2.05, 4.69) is 10.1 Å². The lowest BCUT2D eigenvalue weighted by molar-refractivity contribution is -0.114. The molecule has 1 N–H and O–H groups in total. The van der Waals surface area contributed by atoms with Gasteiger partial charge in [0.2, 0.25) is 5.17 Å². The lowest BCUT2D eigenvalue weighted by Crippen LogP contribution is -2.35. The van der Waals surface area contributed by atoms with E-state index in [4.69, 9.17) is 21.4 Å². The summed E-state index contributed by atoms with van der Waals surface area (Å²) in [5.41, 5.74) is 2.36. The fourth-order valence-corrected chi connectivity index (χ4v) is 5.04. The Hall–Kier alpha value is -3.07. The number of hydrogen-bond acceptors (Lipinski definition) is 6. The van der Waals surface area contributed by atoms with Crippen LogP contribution in [0.1, 0.15) is 16.9 Å². The molecule has 6 nitrogen and oxygen atoms in total. The molecule has 0 saturated carbocycles. The number of carbonyl (C=O) groups excluding carboxylic acids is 1. The number of nitrogens with zero attached hydrogens (tertiary/aromatic N) is 3. The second-order valence-electron chi connectivity index (χ2n) is 7.39. The van der Waals surface area contributed by atoms with Gasteiger partial charge < -0.3 is 4.42 Å². The zero-order valence-corrected chi connectivity index (χ0v) is 19.8. The predicted octanol–water partition coefficient (Wildman–Crippen LogP) is 6.25. The van der Waals surface area contributed by atoms with Crippen LogP contribution in [-0.2, 0) is 11.2 Å². The van der Waals surface area contributed by atoms with Crippen LogP contribution in [-0.4, -0.2) is 27.0 Å². The van der Waals surface area contributed by atoms with Gasteiger partial charge in [0.25, 0.3) is 5.91 Å². The van der Waals surface area contributed by atoms with Gasteiger partial charge >= 0.3 is 0 Å². The van der Waals surface area contributed by atoms with Crippen molar-refractivity contribution in [2.45, 2.75) is 23.3 Å². The molecule has 0 atom stereocenters. The Morgan fingerprint density at radius 1 is 1.12 bits per heavy atom. The second kappa shape index (κ2) is 9.05. The van der Waals surface area contributed by atoms with E-state index in [1.54, 1.807) is 12.1 Å². The van der Waals surface area contributed by atoms with Gasteiger partial charge in [-0.25, -0.2) is 0 Å². The maximum atomic E-state index is 12.6. The summed E-state index contributed by atoms with van der Waals surface area (Å²) in [4.78, 5) is 17.8. The first-order valence-electron chi connectivity index (χ1n) is 10.0. The molecule has 5 rings (SSSR count). The summed E-state index contributed by atoms with van der Waals surface area (Å²) < 4.78 is 5.86. The number of hydrogen-bond donors (Lipinski definition) is 1. The molecule has 0 aliphatic carbocycles. The molecule has 3 aromatic rings. The van der Waals surface area contributed by atoms with Crippen molar-refractivity contribution in [3.8, 4) is 0 Å². The van der Waals surface area contributed by atoms with Crippen molar-refractivity contribution in [1.82, 2.24) is 5.01 Å². The number of hydrazone groups is 1. The van der Waals surface area contributed by atoms with Gasteiger partial charge in [-0.05, 0) is 66.7 Å². The molecular weight excluding hydrogens is 476 g/mol. The van der Waals surface area contributed by atoms with E-state index in [9.17, 15) is 4.79 Å². The maximum absolute atomic E-state index is 12.6. The summed E-state index contributed by atoms with van der Waals surface area (Å²) >= 11 is 8.73. The Morgan fingerprint density at radius 2 is 1.88 bits per heavy atom. The second-order valence-corrected chi connectivity index (χ2v) is 9.94. The number of furan rings is 1. The molecule has 0 saturated heterocycles. The van der Waals surface area contributed by atoms with Crippen molar-refractivity contribution in [2.24, 2.45) is 10.1 Å². The van der Waals surface area contributed by atoms with E-state index in [-0.39, 0.29) is 11.4 Å². The summed E-state index contributed by atoms with van der Waals surface area (Å²) in [6.07, 6.45) is 2.11. The van der Waals surface area contributed by atoms with Crippen molar-refractivity contribution < 1.29 is 9.21 Å². The fourth-order valence-electron chi connectivity index (χ4n) is 3.21. The Labute approximate surface area is 203 Å². The number of amides is 1. The topological polar surface area (TPSA) is 82.0 Å². The summed E-state index contributed by atoms with van der Waals surface area (Å²) in [5.74, 6) is -0.0212. The van der Waals surface area contributed by atoms with Crippen molar-refractivity contribution in [3.63, 3.8) is 0 Å². The number of rotatable bonds is 5. The molecule has 0 radical (unpaired) electrons. The van der Waals surface area contributed by atoms with Gasteiger partial charge in [0.05, 0.1) is 5.57 Å². The first kappa shape index (κ1) is 21.8. The lowest BCUT2D eigenvalue weighted by atomic mass is 10.1. The third-order valence-electron chi connectivity index (χ3n) is 4.89. The van der Waals surface area contributed by atoms with Gasteiger partial charge in [-0.15, -0.1) is 0 Å². The van der Waals surface area contributed by atoms with Crippen molar-refractivity contribution in [3.05, 3.63) is 88.1 Å². The van der Waals surface area contributed by atoms with Crippen molar-refractivity contribution in [1.29, 1.82) is 5.41 Å². The third-order valence-corrected chi connectivity index (χ3v) is 6.98. The number of aliphatic imine (C=N–C) groups is 1. The minimum atomic E-state index is -0.481. The zero-order chi connectivity index (χ0) is 22.9. The van der Waals surface area contributed by atoms with Crippen molar-refractivity contribution >= 4 is 63.2 Å². The number of carbonyl (C=O) groups is 1. The fraction of sp³-hybridized carbons (Fsp3) is 0.0833. The van der Waals surface area contributed by atoms with Crippen LogP contribution in [0, 0.1) is 12.3 Å². The van der Waals surface area contributed by atoms with Gasteiger partial charge in [-0.3, -0.25) is 10.2 Å². The molecule has 1 aromatic heterocycles. The standard InChI is InChI=1S/C24H17ClN4O2S2/c1-14-2-9-18(10-3-14)32-21-11-8-17(31-21)13-19-22(26)29-24(27-23(19)30)33-20(28-29)12-15-4-6-16(25)7-5-15/h2-11,13,26H,12H2,1H3/b19-13+,26-22?. The highest BCUT2D eigenvalue weighted by atomic mass is 35.5. The van der Waals surface area contributed by atoms with Crippen LogP contribution in [0.4, 0.5) is 0 Å². The molecule has 33 heavy (non-hydrogen) atoms. The van der Waals surface area contributed by atoms with Crippen LogP contribution in [0.15, 0.2) is 90.7 Å². The number of aryl methyl sites for hydroxylation is 1. The molecule has 0 fully saturated rings. The number of nitrogens with one attached hydrogen (secondary N) is 1. The zero-order valence-electron chi connectivity index (χ0n) is 17.4. The average Bonchev–Trinajstić information content (AvgIpc) is 3.41. The van der Waals surface area contributed by atoms with E-state index in [1.807, 2.05) is 61.5 Å². The van der Waals surface area contributed by atoms with Crippen LogP contribution in [0.3, 0.4) is 0 Å². The molecule has 1 amide bonds. The monoisotopic (exact) mass is 492 g/mol. The maximum Gasteiger partial charge on any atom is 0.283 e. The van der Waals surface area contributed by atoms with E-state index < -0.39 is 5.91 Å². The average molecular weight is 493 g/mol. The largest absolute Gasteiger partial charge is 0.450 e. The molecule has 0 unspecified atom stereocenters. The molecule has 2 aromatic carbocycles. The minimum absolute atomic E-state index is 0.0206. The molecule has 2 aliphatic heterocycles. The highest BCUT2D eigenvalue weighted by Crippen LogP contribution is 2.32. The smallest absolute Gasteiger partial charge is 0.283 e. The minimum Gasteiger partial charge on any atom is -0.450 e. The Kier molecular flexibility index (Phi) is 5.97. The molecule has 164 valence electrons. The van der Waals surface area contributed by atoms with Crippen molar-refractivity contribution in [2.75, 3.05) is 0 Å². The van der Waals surface area contributed by atoms with Crippen LogP contribution in [0.25, 0.3) is 6.08 Å². The highest BCUT2D eigenvalue weighted by molar-refractivity contribution is 8.26. The van der Waals surface area contributed by atoms with Crippen LogP contribution >= 0.6 is 35.1 Å². The highest BCUT2D eigenvalue weighted by Gasteiger charge is 2.35. The van der Waals surface area contributed by atoms with Gasteiger partial charge in [0.15, 0.2) is 10.9 Å². The predicted molar refractivity (Wildman–Crippen MR) is 134 cm³/mol. The number of halogens is 1. The molecule has 0 spiro atoms. The Morgan fingerprint density at radius 3 is 2.64 bits per heavy atom. The lowest BCUT2D eigenvalue weighted by Gasteiger charge is -2.19. The van der Waals surface area contributed by atoms with E-state index >= 15 is 0 Å². The van der Waals surface area contributed by atoms with Crippen LogP contribution in [0.2, 0.25) is 5.02 Å². The van der Waals surface area contributed by atoms with Crippen LogP contribution in [0.5, 0.6) is 0 Å². The summed E-state index contributed by atoms with van der Waals surface area (Å²) in [7, 11) is 0. The summed E-state index contributed by atoms with van der Waals surface area (Å²) in [6.45, 7) is 2.04. The Bertz CT molecular complexity index is 1340. The van der Waals surface area contributed by atoms with E-state index in [0.29, 0.717) is 27.5 Å². The molecular formula is C24H17ClN4O2S2. The summed E-state index contributed by atoms with van der Waals surface area (Å²) in [5, 5.41) is 16.9. The van der Waals surface area contributed by atoms with Gasteiger partial charge in [-0.2, -0.15) is 15.1 Å². The number of benzene rings is 2. The van der Waals surface area contributed by atoms with Gasteiger partial charge in [0, 0.05) is 16.3 Å².